The van der Waals surface area contributed by atoms with Crippen LogP contribution in [0.15, 0.2) is 146 Å². The number of esters is 6. The molecule has 7 aromatic carbocycles. The van der Waals surface area contributed by atoms with Crippen LogP contribution in [-0.2, 0) is 0 Å². The zero-order valence-electron chi connectivity index (χ0n) is 64.7. The molecule has 0 amide bonds. The molecule has 0 saturated heterocycles. The molecule has 0 radical (unpaired) electrons. The predicted molar refractivity (Wildman–Crippen MR) is 420 cm³/mol. The Morgan fingerprint density at radius 1 is 0.167 bits per heavy atom. The fourth-order valence-corrected chi connectivity index (χ4v) is 11.9. The van der Waals surface area contributed by atoms with Crippen LogP contribution in [0.2, 0.25) is 0 Å². The van der Waals surface area contributed by atoms with E-state index in [1.165, 1.54) is 72.8 Å². The number of rotatable bonds is 54. The highest BCUT2D eigenvalue weighted by Crippen LogP contribution is 2.37. The van der Waals surface area contributed by atoms with Crippen molar-refractivity contribution in [3.8, 4) is 69.0 Å². The third-order valence-electron chi connectivity index (χ3n) is 18.0. The highest BCUT2D eigenvalue weighted by molar-refractivity contribution is 6.25. The van der Waals surface area contributed by atoms with Gasteiger partial charge in [-0.05, 0) is 184 Å². The maximum absolute atomic E-state index is 16.1. The summed E-state index contributed by atoms with van der Waals surface area (Å²) in [6.07, 6.45) is 30.2. The van der Waals surface area contributed by atoms with Crippen LogP contribution in [0.25, 0.3) is 0 Å². The number of ether oxygens (including phenoxy) is 12. The molecule has 18 heteroatoms. The third kappa shape index (κ3) is 30.1. The monoisotopic (exact) mass is 1480 g/mol. The van der Waals surface area contributed by atoms with Crippen LogP contribution < -0.4 is 56.8 Å². The van der Waals surface area contributed by atoms with Crippen LogP contribution in [0.1, 0.15) is 296 Å². The van der Waals surface area contributed by atoms with E-state index in [0.29, 0.717) is 74.1 Å². The van der Waals surface area contributed by atoms with Crippen molar-refractivity contribution in [2.75, 3.05) is 39.6 Å². The normalized spacial score (nSPS) is 10.9. The Morgan fingerprint density at radius 3 is 0.398 bits per heavy atom. The second-order valence-corrected chi connectivity index (χ2v) is 27.0. The number of hydrogen-bond acceptors (Lipinski definition) is 18. The van der Waals surface area contributed by atoms with Crippen molar-refractivity contribution in [2.45, 2.75) is 234 Å². The SMILES string of the molecule is CCCCCCCOc1ccc(OC(=O)c2c(C(=O)Oc3ccc(OCCCCCCC)cc3)c(C(=O)Oc3ccc(OCCCCCCC)cc3)c(C(=O)Oc3ccc(OCCCCCCC)cc3)c(C(=O)Oc3ccc(OCCCCCCC)cc3)c2C(=O)Oc2ccc(OCCCCCCC)cc2)cc1. The average Bonchev–Trinajstić information content (AvgIpc) is 0.726. The highest BCUT2D eigenvalue weighted by Gasteiger charge is 2.45. The molecule has 0 heterocycles. The van der Waals surface area contributed by atoms with Crippen LogP contribution in [-0.4, -0.2) is 75.5 Å². The van der Waals surface area contributed by atoms with Crippen molar-refractivity contribution < 1.29 is 85.6 Å². The molecule has 0 saturated carbocycles. The fraction of sp³-hybridized carbons (Fsp3) is 0.467. The summed E-state index contributed by atoms with van der Waals surface area (Å²) in [7, 11) is 0. The summed E-state index contributed by atoms with van der Waals surface area (Å²) in [4.78, 5) is 96.3. The second-order valence-electron chi connectivity index (χ2n) is 27.0. The third-order valence-corrected chi connectivity index (χ3v) is 18.0. The van der Waals surface area contributed by atoms with Crippen LogP contribution in [0.5, 0.6) is 69.0 Å². The largest absolute Gasteiger partial charge is 0.494 e. The highest BCUT2D eigenvalue weighted by atomic mass is 16.6. The first-order chi connectivity index (χ1) is 52.9. The minimum Gasteiger partial charge on any atom is -0.494 e. The molecule has 0 unspecified atom stereocenters. The molecule has 0 aliphatic carbocycles. The summed E-state index contributed by atoms with van der Waals surface area (Å²) >= 11 is 0. The summed E-state index contributed by atoms with van der Waals surface area (Å²) in [5.41, 5.74) is -6.41. The van der Waals surface area contributed by atoms with Gasteiger partial charge in [0.05, 0.1) is 73.0 Å². The molecule has 0 fully saturated rings. The van der Waals surface area contributed by atoms with Gasteiger partial charge in [0.25, 0.3) is 0 Å². The Bertz CT molecular complexity index is 3110. The summed E-state index contributed by atoms with van der Waals surface area (Å²) in [5, 5.41) is 0. The smallest absolute Gasteiger partial charge is 0.345 e. The molecular formula is C90H114O18. The van der Waals surface area contributed by atoms with Gasteiger partial charge in [-0.3, -0.25) is 0 Å². The molecule has 0 atom stereocenters. The summed E-state index contributed by atoms with van der Waals surface area (Å²) in [5.74, 6) is -7.11. The van der Waals surface area contributed by atoms with E-state index in [4.69, 9.17) is 56.8 Å². The molecule has 0 aliphatic heterocycles. The molecule has 108 heavy (non-hydrogen) atoms. The summed E-state index contributed by atoms with van der Waals surface area (Å²) < 4.78 is 73.5. The van der Waals surface area contributed by atoms with Gasteiger partial charge < -0.3 is 56.8 Å². The molecule has 0 spiro atoms. The first-order valence-electron chi connectivity index (χ1n) is 39.8. The number of carbonyl (C=O) groups excluding carboxylic acids is 6. The molecule has 0 aromatic heterocycles. The Labute approximate surface area is 640 Å². The van der Waals surface area contributed by atoms with Gasteiger partial charge in [-0.1, -0.05) is 196 Å². The van der Waals surface area contributed by atoms with Gasteiger partial charge in [0, 0.05) is 0 Å². The van der Waals surface area contributed by atoms with E-state index < -0.39 is 69.2 Å². The molecule has 0 bridgehead atoms. The van der Waals surface area contributed by atoms with Gasteiger partial charge in [-0.15, -0.1) is 0 Å². The van der Waals surface area contributed by atoms with Crippen molar-refractivity contribution in [2.24, 2.45) is 0 Å². The standard InChI is InChI=1S/C90H114O18/c1-7-13-19-25-31-61-97-67-37-49-73(50-38-67)103-85(91)79-80(86(92)104-74-51-39-68(40-52-74)98-62-32-26-20-14-8-2)82(88(94)106-76-55-43-70(44-56-76)100-64-34-28-22-16-10-4)84(90(96)108-78-59-47-72(48-60-78)102-66-36-30-24-18-12-6)83(89(95)107-77-57-45-71(46-58-77)101-65-35-29-23-17-11-5)81(79)87(93)105-75-53-41-69(42-54-75)99-63-33-27-21-15-9-3/h37-60H,7-36,61-66H2,1-6H3. The maximum Gasteiger partial charge on any atom is 0.345 e. The first kappa shape index (κ1) is 85.4. The van der Waals surface area contributed by atoms with Crippen LogP contribution in [0.3, 0.4) is 0 Å². The summed E-state index contributed by atoms with van der Waals surface area (Å²) in [6, 6.07) is 36.1. The van der Waals surface area contributed by atoms with Gasteiger partial charge in [0.1, 0.15) is 69.0 Å². The minimum atomic E-state index is -1.50. The Morgan fingerprint density at radius 2 is 0.278 bits per heavy atom. The van der Waals surface area contributed by atoms with Crippen molar-refractivity contribution in [1.29, 1.82) is 0 Å². The van der Waals surface area contributed by atoms with E-state index in [-0.39, 0.29) is 34.5 Å². The van der Waals surface area contributed by atoms with Crippen molar-refractivity contribution in [3.05, 3.63) is 179 Å². The van der Waals surface area contributed by atoms with E-state index in [2.05, 4.69) is 41.5 Å². The van der Waals surface area contributed by atoms with Crippen molar-refractivity contribution in [3.63, 3.8) is 0 Å². The van der Waals surface area contributed by atoms with Crippen molar-refractivity contribution in [1.82, 2.24) is 0 Å². The van der Waals surface area contributed by atoms with Crippen LogP contribution >= 0.6 is 0 Å². The van der Waals surface area contributed by atoms with Crippen LogP contribution in [0.4, 0.5) is 0 Å². The fourth-order valence-electron chi connectivity index (χ4n) is 11.9. The quantitative estimate of drug-likeness (QED) is 0.0197. The van der Waals surface area contributed by atoms with Gasteiger partial charge in [0.15, 0.2) is 0 Å². The molecule has 0 aliphatic rings. The van der Waals surface area contributed by atoms with Gasteiger partial charge >= 0.3 is 35.8 Å². The summed E-state index contributed by atoms with van der Waals surface area (Å²) in [6.45, 7) is 15.4. The molecular weight excluding hydrogens is 1370 g/mol. The molecule has 18 nitrogen and oxygen atoms in total. The lowest BCUT2D eigenvalue weighted by atomic mass is 9.85. The minimum absolute atomic E-state index is 0.136. The van der Waals surface area contributed by atoms with Gasteiger partial charge in [-0.2, -0.15) is 0 Å². The Hall–Kier alpha value is -9.84. The zero-order chi connectivity index (χ0) is 76.8. The van der Waals surface area contributed by atoms with Gasteiger partial charge in [0.2, 0.25) is 0 Å². The first-order valence-corrected chi connectivity index (χ1v) is 39.8. The topological polar surface area (TPSA) is 213 Å². The predicted octanol–water partition coefficient (Wildman–Crippen LogP) is 23.1. The molecule has 7 aromatic rings. The Balaban J connectivity index is 1.47. The molecule has 7 rings (SSSR count). The lowest BCUT2D eigenvalue weighted by Crippen LogP contribution is -2.34. The number of benzene rings is 7. The molecule has 582 valence electrons. The van der Waals surface area contributed by atoms with Crippen molar-refractivity contribution >= 4 is 35.8 Å². The molecule has 0 N–H and O–H groups in total. The van der Waals surface area contributed by atoms with E-state index in [0.717, 1.165) is 193 Å². The maximum atomic E-state index is 16.1. The number of carbonyl (C=O) groups is 6. The number of unbranched alkanes of at least 4 members (excludes halogenated alkanes) is 24. The number of hydrogen-bond donors (Lipinski definition) is 0. The zero-order valence-corrected chi connectivity index (χ0v) is 64.7. The van der Waals surface area contributed by atoms with E-state index >= 15 is 28.8 Å². The van der Waals surface area contributed by atoms with E-state index in [1.807, 2.05) is 0 Å². The second kappa shape index (κ2) is 49.9. The van der Waals surface area contributed by atoms with Crippen LogP contribution in [0, 0.1) is 0 Å². The van der Waals surface area contributed by atoms with E-state index in [1.54, 1.807) is 72.8 Å². The average molecular weight is 1480 g/mol. The Kier molecular flexibility index (Phi) is 39.5. The van der Waals surface area contributed by atoms with Gasteiger partial charge in [-0.25, -0.2) is 28.8 Å². The lowest BCUT2D eigenvalue weighted by molar-refractivity contribution is 0.0635. The van der Waals surface area contributed by atoms with E-state index in [9.17, 15) is 0 Å². The lowest BCUT2D eigenvalue weighted by Gasteiger charge is -2.22.